The summed E-state index contributed by atoms with van der Waals surface area (Å²) in [6.07, 6.45) is -0.0805. The summed E-state index contributed by atoms with van der Waals surface area (Å²) in [6, 6.07) is 3.38. The summed E-state index contributed by atoms with van der Waals surface area (Å²) in [7, 11) is 1.55. The second-order valence-corrected chi connectivity index (χ2v) is 3.93. The zero-order valence-electron chi connectivity index (χ0n) is 8.09. The smallest absolute Gasteiger partial charge is 0.307 e. The molecule has 0 unspecified atom stereocenters. The molecule has 15 heavy (non-hydrogen) atoms. The van der Waals surface area contributed by atoms with E-state index in [1.807, 2.05) is 0 Å². The monoisotopic (exact) mass is 292 g/mol. The molecule has 0 atom stereocenters. The average molecular weight is 294 g/mol. The second-order valence-electron chi connectivity index (χ2n) is 2.96. The second kappa shape index (κ2) is 5.37. The molecule has 0 saturated heterocycles. The maximum atomic E-state index is 10.6. The Morgan fingerprint density at radius 2 is 2.20 bits per heavy atom. The van der Waals surface area contributed by atoms with Crippen LogP contribution in [-0.4, -0.2) is 18.2 Å². The van der Waals surface area contributed by atoms with E-state index in [9.17, 15) is 4.79 Å². The molecular weight excluding hydrogens is 283 g/mol. The van der Waals surface area contributed by atoms with Crippen molar-refractivity contribution in [2.75, 3.05) is 7.11 Å². The number of carbonyl (C=O) groups is 1. The fourth-order valence-electron chi connectivity index (χ4n) is 1.24. The van der Waals surface area contributed by atoms with Gasteiger partial charge in [0.05, 0.1) is 13.5 Å². The third-order valence-electron chi connectivity index (χ3n) is 1.94. The van der Waals surface area contributed by atoms with Crippen LogP contribution in [0.15, 0.2) is 12.1 Å². The van der Waals surface area contributed by atoms with Crippen LogP contribution in [0.2, 0.25) is 5.02 Å². The van der Waals surface area contributed by atoms with Crippen LogP contribution < -0.4 is 4.74 Å². The maximum Gasteiger partial charge on any atom is 0.307 e. The lowest BCUT2D eigenvalue weighted by Gasteiger charge is -2.09. The van der Waals surface area contributed by atoms with Crippen LogP contribution in [0.1, 0.15) is 11.1 Å². The third kappa shape index (κ3) is 3.11. The van der Waals surface area contributed by atoms with Gasteiger partial charge in [0.25, 0.3) is 0 Å². The number of methoxy groups -OCH3 is 1. The molecular formula is C10H10BrClO3. The summed E-state index contributed by atoms with van der Waals surface area (Å²) >= 11 is 9.23. The van der Waals surface area contributed by atoms with Crippen LogP contribution in [0.25, 0.3) is 0 Å². The molecule has 82 valence electrons. The molecule has 0 aromatic heterocycles. The minimum absolute atomic E-state index is 0.0805. The maximum absolute atomic E-state index is 10.6. The van der Waals surface area contributed by atoms with Crippen molar-refractivity contribution < 1.29 is 14.6 Å². The molecule has 1 N–H and O–H groups in total. The highest BCUT2D eigenvalue weighted by Crippen LogP contribution is 2.29. The van der Waals surface area contributed by atoms with Crippen molar-refractivity contribution >= 4 is 33.5 Å². The first kappa shape index (κ1) is 12.3. The first-order valence-corrected chi connectivity index (χ1v) is 5.71. The number of rotatable bonds is 4. The van der Waals surface area contributed by atoms with Crippen LogP contribution in [0.4, 0.5) is 0 Å². The number of halogens is 2. The summed E-state index contributed by atoms with van der Waals surface area (Å²) in [5.41, 5.74) is 1.48. The van der Waals surface area contributed by atoms with Crippen LogP contribution in [-0.2, 0) is 16.5 Å². The SMILES string of the molecule is COc1cc(Cl)c(CC(=O)O)cc1CBr. The average Bonchev–Trinajstić information content (AvgIpc) is 2.19. The fraction of sp³-hybridized carbons (Fsp3) is 0.300. The Bertz CT molecular complexity index is 379. The molecule has 0 heterocycles. The van der Waals surface area contributed by atoms with Crippen molar-refractivity contribution in [2.24, 2.45) is 0 Å². The molecule has 0 aliphatic heterocycles. The van der Waals surface area contributed by atoms with E-state index in [1.165, 1.54) is 0 Å². The van der Waals surface area contributed by atoms with E-state index in [0.29, 0.717) is 21.7 Å². The number of carboxylic acids is 1. The molecule has 0 radical (unpaired) electrons. The summed E-state index contributed by atoms with van der Waals surface area (Å²) in [4.78, 5) is 10.6. The largest absolute Gasteiger partial charge is 0.496 e. The topological polar surface area (TPSA) is 46.5 Å². The van der Waals surface area contributed by atoms with Gasteiger partial charge in [0.2, 0.25) is 0 Å². The molecule has 0 amide bonds. The highest BCUT2D eigenvalue weighted by Gasteiger charge is 2.10. The van der Waals surface area contributed by atoms with Gasteiger partial charge < -0.3 is 9.84 Å². The van der Waals surface area contributed by atoms with Gasteiger partial charge in [-0.3, -0.25) is 4.79 Å². The number of hydrogen-bond donors (Lipinski definition) is 1. The summed E-state index contributed by atoms with van der Waals surface area (Å²) in [5, 5.41) is 9.69. The standard InChI is InChI=1S/C10H10BrClO3/c1-15-9-4-8(12)6(3-10(13)14)2-7(9)5-11/h2,4H,3,5H2,1H3,(H,13,14). The Balaban J connectivity index is 3.13. The van der Waals surface area contributed by atoms with Gasteiger partial charge in [-0.15, -0.1) is 0 Å². The Kier molecular flexibility index (Phi) is 4.42. The van der Waals surface area contributed by atoms with E-state index < -0.39 is 5.97 Å². The van der Waals surface area contributed by atoms with E-state index in [1.54, 1.807) is 19.2 Å². The summed E-state index contributed by atoms with van der Waals surface area (Å²) < 4.78 is 5.12. The van der Waals surface area contributed by atoms with Gasteiger partial charge in [0.15, 0.2) is 0 Å². The third-order valence-corrected chi connectivity index (χ3v) is 2.89. The van der Waals surface area contributed by atoms with Crippen LogP contribution >= 0.6 is 27.5 Å². The quantitative estimate of drug-likeness (QED) is 0.868. The lowest BCUT2D eigenvalue weighted by atomic mass is 10.1. The molecule has 1 rings (SSSR count). The number of carboxylic acid groups (broad SMARTS) is 1. The van der Waals surface area contributed by atoms with Gasteiger partial charge in [-0.05, 0) is 17.7 Å². The van der Waals surface area contributed by atoms with E-state index in [2.05, 4.69) is 15.9 Å². The normalized spacial score (nSPS) is 10.1. The predicted octanol–water partition coefficient (Wildman–Crippen LogP) is 2.87. The zero-order chi connectivity index (χ0) is 11.4. The summed E-state index contributed by atoms with van der Waals surface area (Å²) in [6.45, 7) is 0. The van der Waals surface area contributed by atoms with E-state index in [0.717, 1.165) is 5.56 Å². The van der Waals surface area contributed by atoms with Crippen molar-refractivity contribution in [3.63, 3.8) is 0 Å². The van der Waals surface area contributed by atoms with Crippen molar-refractivity contribution in [2.45, 2.75) is 11.8 Å². The van der Waals surface area contributed by atoms with E-state index >= 15 is 0 Å². The minimum atomic E-state index is -0.900. The Labute approximate surface area is 101 Å². The van der Waals surface area contributed by atoms with Crippen molar-refractivity contribution in [3.8, 4) is 5.75 Å². The lowest BCUT2D eigenvalue weighted by Crippen LogP contribution is -2.02. The van der Waals surface area contributed by atoms with Gasteiger partial charge in [-0.1, -0.05) is 27.5 Å². The summed E-state index contributed by atoms with van der Waals surface area (Å²) in [5.74, 6) is -0.242. The first-order valence-electron chi connectivity index (χ1n) is 4.21. The Morgan fingerprint density at radius 3 is 2.67 bits per heavy atom. The van der Waals surface area contributed by atoms with Crippen molar-refractivity contribution in [1.29, 1.82) is 0 Å². The van der Waals surface area contributed by atoms with Crippen molar-refractivity contribution in [3.05, 3.63) is 28.3 Å². The molecule has 0 aliphatic rings. The van der Waals surface area contributed by atoms with Crippen LogP contribution in [0.5, 0.6) is 5.75 Å². The van der Waals surface area contributed by atoms with E-state index in [4.69, 9.17) is 21.4 Å². The number of ether oxygens (including phenoxy) is 1. The molecule has 0 saturated carbocycles. The molecule has 0 aliphatic carbocycles. The van der Waals surface area contributed by atoms with Gasteiger partial charge in [-0.2, -0.15) is 0 Å². The Morgan fingerprint density at radius 1 is 1.53 bits per heavy atom. The number of benzene rings is 1. The molecule has 0 bridgehead atoms. The Hall–Kier alpha value is -0.740. The lowest BCUT2D eigenvalue weighted by molar-refractivity contribution is -0.136. The highest BCUT2D eigenvalue weighted by molar-refractivity contribution is 9.08. The molecule has 1 aromatic rings. The van der Waals surface area contributed by atoms with Gasteiger partial charge >= 0.3 is 5.97 Å². The zero-order valence-corrected chi connectivity index (χ0v) is 10.4. The number of alkyl halides is 1. The van der Waals surface area contributed by atoms with Gasteiger partial charge in [0, 0.05) is 15.9 Å². The molecule has 3 nitrogen and oxygen atoms in total. The first-order chi connectivity index (χ1) is 7.08. The van der Waals surface area contributed by atoms with Crippen LogP contribution in [0.3, 0.4) is 0 Å². The molecule has 0 fully saturated rings. The number of aliphatic carboxylic acids is 1. The minimum Gasteiger partial charge on any atom is -0.496 e. The van der Waals surface area contributed by atoms with Crippen molar-refractivity contribution in [1.82, 2.24) is 0 Å². The molecule has 0 spiro atoms. The van der Waals surface area contributed by atoms with Gasteiger partial charge in [0.1, 0.15) is 5.75 Å². The predicted molar refractivity (Wildman–Crippen MR) is 62.0 cm³/mol. The number of hydrogen-bond acceptors (Lipinski definition) is 2. The molecule has 1 aromatic carbocycles. The van der Waals surface area contributed by atoms with Gasteiger partial charge in [-0.25, -0.2) is 0 Å². The highest BCUT2D eigenvalue weighted by atomic mass is 79.9. The van der Waals surface area contributed by atoms with Crippen LogP contribution in [0, 0.1) is 0 Å². The van der Waals surface area contributed by atoms with E-state index in [-0.39, 0.29) is 6.42 Å². The molecule has 5 heteroatoms. The fourth-order valence-corrected chi connectivity index (χ4v) is 1.90.